The van der Waals surface area contributed by atoms with Crippen LogP contribution in [0, 0.1) is 0 Å². The van der Waals surface area contributed by atoms with Gasteiger partial charge >= 0.3 is 0 Å². The number of aliphatic hydroxyl groups is 1. The van der Waals surface area contributed by atoms with Crippen LogP contribution in [0.5, 0.6) is 5.75 Å². The van der Waals surface area contributed by atoms with Crippen molar-refractivity contribution < 1.29 is 14.6 Å². The Hall–Kier alpha value is -1.84. The number of fused-ring (bicyclic) bond motifs is 4. The van der Waals surface area contributed by atoms with Gasteiger partial charge in [0.05, 0.1) is 12.9 Å². The van der Waals surface area contributed by atoms with Gasteiger partial charge in [-0.15, -0.1) is 0 Å². The van der Waals surface area contributed by atoms with Gasteiger partial charge in [-0.05, 0) is 41.4 Å². The van der Waals surface area contributed by atoms with Gasteiger partial charge in [0, 0.05) is 17.2 Å². The first kappa shape index (κ1) is 11.9. The van der Waals surface area contributed by atoms with Gasteiger partial charge in [0.25, 0.3) is 0 Å². The van der Waals surface area contributed by atoms with E-state index in [0.29, 0.717) is 13.0 Å². The van der Waals surface area contributed by atoms with Crippen molar-refractivity contribution in [1.29, 1.82) is 0 Å². The van der Waals surface area contributed by atoms with Crippen LogP contribution in [0.15, 0.2) is 36.1 Å². The van der Waals surface area contributed by atoms with Crippen LogP contribution in [0.2, 0.25) is 0 Å². The van der Waals surface area contributed by atoms with Crippen LogP contribution in [-0.2, 0) is 11.2 Å². The Kier molecular flexibility index (Phi) is 2.76. The molecular weight excluding hydrogens is 252 g/mol. The molecule has 2 heterocycles. The van der Waals surface area contributed by atoms with Crippen molar-refractivity contribution in [2.24, 2.45) is 0 Å². The molecule has 0 aromatic heterocycles. The second-order valence-corrected chi connectivity index (χ2v) is 5.34. The lowest BCUT2D eigenvalue weighted by Gasteiger charge is -2.23. The van der Waals surface area contributed by atoms with E-state index >= 15 is 0 Å². The molecule has 0 bridgehead atoms. The zero-order valence-electron chi connectivity index (χ0n) is 11.1. The van der Waals surface area contributed by atoms with Crippen LogP contribution in [0.4, 0.5) is 0 Å². The second-order valence-electron chi connectivity index (χ2n) is 5.34. The van der Waals surface area contributed by atoms with E-state index in [9.17, 15) is 5.11 Å². The normalized spacial score (nSPS) is 23.6. The van der Waals surface area contributed by atoms with E-state index in [1.54, 1.807) is 6.26 Å². The number of ether oxygens (including phenoxy) is 2. The minimum Gasteiger partial charge on any atom is -0.464 e. The molecule has 102 valence electrons. The van der Waals surface area contributed by atoms with Gasteiger partial charge in [0.2, 0.25) is 0 Å². The summed E-state index contributed by atoms with van der Waals surface area (Å²) in [7, 11) is 0. The van der Waals surface area contributed by atoms with Crippen molar-refractivity contribution in [3.8, 4) is 5.75 Å². The minimum absolute atomic E-state index is 0.471. The largest absolute Gasteiger partial charge is 0.464 e. The third-order valence-electron chi connectivity index (χ3n) is 4.14. The predicted molar refractivity (Wildman–Crippen MR) is 76.3 cm³/mol. The topological polar surface area (TPSA) is 38.7 Å². The average molecular weight is 268 g/mol. The summed E-state index contributed by atoms with van der Waals surface area (Å²) >= 11 is 0. The molecule has 1 fully saturated rings. The van der Waals surface area contributed by atoms with Crippen LogP contribution in [0.3, 0.4) is 0 Å². The van der Waals surface area contributed by atoms with E-state index in [0.717, 1.165) is 23.8 Å². The fourth-order valence-corrected chi connectivity index (χ4v) is 3.19. The molecule has 0 amide bonds. The van der Waals surface area contributed by atoms with Crippen LogP contribution < -0.4 is 15.2 Å². The third-order valence-corrected chi connectivity index (χ3v) is 4.14. The molecule has 20 heavy (non-hydrogen) atoms. The van der Waals surface area contributed by atoms with Gasteiger partial charge in [-0.1, -0.05) is 18.2 Å². The zero-order valence-corrected chi connectivity index (χ0v) is 11.1. The van der Waals surface area contributed by atoms with E-state index in [-0.39, 0.29) is 0 Å². The first-order valence-corrected chi connectivity index (χ1v) is 7.00. The van der Waals surface area contributed by atoms with Gasteiger partial charge in [-0.3, -0.25) is 0 Å². The lowest BCUT2D eigenvalue weighted by Crippen LogP contribution is -2.28. The van der Waals surface area contributed by atoms with Gasteiger partial charge in [0.15, 0.2) is 6.29 Å². The maximum atomic E-state index is 9.66. The molecule has 0 spiro atoms. The molecule has 2 aliphatic heterocycles. The van der Waals surface area contributed by atoms with Crippen molar-refractivity contribution in [2.45, 2.75) is 25.6 Å². The van der Waals surface area contributed by atoms with Gasteiger partial charge in [-0.2, -0.15) is 0 Å². The molecule has 0 radical (unpaired) electrons. The maximum absolute atomic E-state index is 9.66. The van der Waals surface area contributed by atoms with Crippen molar-refractivity contribution in [1.82, 2.24) is 0 Å². The highest BCUT2D eigenvalue weighted by atomic mass is 16.6. The fourth-order valence-electron chi connectivity index (χ4n) is 3.19. The highest BCUT2D eigenvalue weighted by Gasteiger charge is 2.23. The molecule has 1 saturated heterocycles. The summed E-state index contributed by atoms with van der Waals surface area (Å²) < 4.78 is 11.2. The highest BCUT2D eigenvalue weighted by molar-refractivity contribution is 5.69. The van der Waals surface area contributed by atoms with E-state index in [2.05, 4.69) is 24.3 Å². The smallest absolute Gasteiger partial charge is 0.159 e. The van der Waals surface area contributed by atoms with Crippen molar-refractivity contribution in [2.75, 3.05) is 6.61 Å². The molecule has 1 atom stereocenters. The molecule has 1 unspecified atom stereocenters. The molecule has 1 N–H and O–H groups in total. The molecule has 1 aromatic rings. The van der Waals surface area contributed by atoms with Crippen molar-refractivity contribution in [3.05, 3.63) is 52.1 Å². The lowest BCUT2D eigenvalue weighted by atomic mass is 9.97. The molecule has 3 aliphatic rings. The molecular formula is C17H16O3. The van der Waals surface area contributed by atoms with Crippen LogP contribution in [-0.4, -0.2) is 18.0 Å². The standard InChI is InChI=1S/C17H16O3/c18-16-9-12-3-1-5-14-13(15(12)10-20-16)7-6-11-4-2-8-19-17(11)14/h2-4,6-8,16,18H,1,5,9-10H2. The fraction of sp³-hybridized carbons (Fsp3) is 0.294. The minimum atomic E-state index is -0.670. The van der Waals surface area contributed by atoms with Gasteiger partial charge in [-0.25, -0.2) is 0 Å². The first-order valence-electron chi connectivity index (χ1n) is 7.00. The number of aliphatic hydroxyl groups excluding tert-OH is 1. The van der Waals surface area contributed by atoms with Gasteiger partial charge in [0.1, 0.15) is 5.75 Å². The molecule has 3 heteroatoms. The summed E-state index contributed by atoms with van der Waals surface area (Å²) in [5, 5.41) is 12.0. The molecule has 4 rings (SSSR count). The number of hydrogen-bond donors (Lipinski definition) is 1. The van der Waals surface area contributed by atoms with E-state index in [4.69, 9.17) is 9.47 Å². The Morgan fingerprint density at radius 1 is 1.25 bits per heavy atom. The van der Waals surface area contributed by atoms with Crippen LogP contribution in [0.1, 0.15) is 18.4 Å². The number of benzene rings is 1. The highest BCUT2D eigenvalue weighted by Crippen LogP contribution is 2.28. The first-order chi connectivity index (χ1) is 9.83. The summed E-state index contributed by atoms with van der Waals surface area (Å²) in [5.74, 6) is 0.971. The SMILES string of the molecule is OC1CC2=CCCc3c4c(ccc3=C2CO1)=CC=CO4. The predicted octanol–water partition coefficient (Wildman–Crippen LogP) is 1.14. The Balaban J connectivity index is 1.98. The zero-order chi connectivity index (χ0) is 13.5. The van der Waals surface area contributed by atoms with E-state index in [1.807, 2.05) is 6.08 Å². The third kappa shape index (κ3) is 1.82. The molecule has 1 aliphatic carbocycles. The number of allylic oxidation sites excluding steroid dienone is 2. The average Bonchev–Trinajstić information content (AvgIpc) is 2.66. The maximum Gasteiger partial charge on any atom is 0.159 e. The monoisotopic (exact) mass is 268 g/mol. The Labute approximate surface area is 117 Å². The summed E-state index contributed by atoms with van der Waals surface area (Å²) in [6.45, 7) is 0.471. The number of hydrogen-bond acceptors (Lipinski definition) is 3. The second kappa shape index (κ2) is 4.62. The summed E-state index contributed by atoms with van der Waals surface area (Å²) in [4.78, 5) is 0. The van der Waals surface area contributed by atoms with Crippen molar-refractivity contribution >= 4 is 11.6 Å². The molecule has 1 aromatic carbocycles. The summed E-state index contributed by atoms with van der Waals surface area (Å²) in [5.41, 5.74) is 3.67. The quantitative estimate of drug-likeness (QED) is 0.767. The number of rotatable bonds is 0. The van der Waals surface area contributed by atoms with Crippen molar-refractivity contribution in [3.63, 3.8) is 0 Å². The Bertz CT molecular complexity index is 740. The summed E-state index contributed by atoms with van der Waals surface area (Å²) in [6.07, 6.45) is 9.80. The van der Waals surface area contributed by atoms with E-state index < -0.39 is 6.29 Å². The molecule has 3 nitrogen and oxygen atoms in total. The Morgan fingerprint density at radius 2 is 2.20 bits per heavy atom. The lowest BCUT2D eigenvalue weighted by molar-refractivity contribution is -0.0918. The van der Waals surface area contributed by atoms with E-state index in [1.165, 1.54) is 21.9 Å². The van der Waals surface area contributed by atoms with Gasteiger partial charge < -0.3 is 14.6 Å². The molecule has 0 saturated carbocycles. The van der Waals surface area contributed by atoms with Crippen LogP contribution >= 0.6 is 0 Å². The van der Waals surface area contributed by atoms with Crippen LogP contribution in [0.25, 0.3) is 11.6 Å². The Morgan fingerprint density at radius 3 is 3.15 bits per heavy atom. The summed E-state index contributed by atoms with van der Waals surface area (Å²) in [6, 6.07) is 4.25.